The van der Waals surface area contributed by atoms with E-state index in [4.69, 9.17) is 14.2 Å². The van der Waals surface area contributed by atoms with Crippen molar-refractivity contribution in [2.24, 2.45) is 5.10 Å². The molecule has 0 aromatic heterocycles. The quantitative estimate of drug-likeness (QED) is 0.192. The summed E-state index contributed by atoms with van der Waals surface area (Å²) in [5.74, 6) is -0.325. The molecular weight excluding hydrogens is 489 g/mol. The smallest absolute Gasteiger partial charge is 0.416 e. The van der Waals surface area contributed by atoms with Crippen LogP contribution >= 0.6 is 0 Å². The molecule has 0 unspecified atom stereocenters. The van der Waals surface area contributed by atoms with E-state index in [0.717, 1.165) is 17.1 Å². The van der Waals surface area contributed by atoms with E-state index in [-0.39, 0.29) is 18.7 Å². The van der Waals surface area contributed by atoms with Crippen molar-refractivity contribution in [2.75, 3.05) is 24.8 Å². The van der Waals surface area contributed by atoms with E-state index in [0.29, 0.717) is 23.7 Å². The summed E-state index contributed by atoms with van der Waals surface area (Å²) < 4.78 is 55.5. The van der Waals surface area contributed by atoms with E-state index < -0.39 is 30.2 Å². The molecule has 0 bridgehead atoms. The molecule has 0 heterocycles. The first kappa shape index (κ1) is 27.3. The molecule has 37 heavy (non-hydrogen) atoms. The number of amides is 1. The Hall–Kier alpha value is -4.34. The minimum Gasteiger partial charge on any atom is -0.494 e. The van der Waals surface area contributed by atoms with Crippen LogP contribution in [0.5, 0.6) is 11.5 Å². The van der Waals surface area contributed by atoms with Gasteiger partial charge in [-0.05, 0) is 55.0 Å². The Labute approximate surface area is 212 Å². The van der Waals surface area contributed by atoms with Crippen LogP contribution in [-0.2, 0) is 20.5 Å². The fraction of sp³-hybridized carbons (Fsp3) is 0.222. The van der Waals surface area contributed by atoms with Crippen molar-refractivity contribution in [3.05, 3.63) is 90.0 Å². The Morgan fingerprint density at radius 1 is 0.919 bits per heavy atom. The van der Waals surface area contributed by atoms with Gasteiger partial charge in [0.05, 0.1) is 37.1 Å². The number of hydrazone groups is 1. The van der Waals surface area contributed by atoms with E-state index in [1.807, 2.05) is 6.92 Å². The standard InChI is InChI=1S/C27H25F3N2O5/c1-2-35-23-11-13-24(14-12-23)36-16-15-26(34)37-19-25(33)32(31-18-20-7-4-3-5-8-20)22-10-6-9-21(17-22)27(28,29)30/h3-14,17-18H,2,15-16,19H2,1H3. The molecule has 3 rings (SSSR count). The van der Waals surface area contributed by atoms with Crippen molar-refractivity contribution >= 4 is 23.8 Å². The van der Waals surface area contributed by atoms with E-state index in [9.17, 15) is 22.8 Å². The fourth-order valence-electron chi connectivity index (χ4n) is 3.08. The highest BCUT2D eigenvalue weighted by Gasteiger charge is 2.31. The zero-order chi connectivity index (χ0) is 26.7. The zero-order valence-corrected chi connectivity index (χ0v) is 20.0. The number of hydrogen-bond donors (Lipinski definition) is 0. The maximum atomic E-state index is 13.2. The minimum absolute atomic E-state index is 0.00447. The topological polar surface area (TPSA) is 77.4 Å². The number of alkyl halides is 3. The first-order valence-electron chi connectivity index (χ1n) is 11.4. The van der Waals surface area contributed by atoms with Crippen LogP contribution in [0.4, 0.5) is 18.9 Å². The number of benzene rings is 3. The van der Waals surface area contributed by atoms with Gasteiger partial charge in [0.2, 0.25) is 0 Å². The SMILES string of the molecule is CCOc1ccc(OCCC(=O)OCC(=O)N(N=Cc2ccccc2)c2cccc(C(F)(F)F)c2)cc1. The van der Waals surface area contributed by atoms with Crippen molar-refractivity contribution < 1.29 is 37.0 Å². The van der Waals surface area contributed by atoms with Gasteiger partial charge in [-0.15, -0.1) is 0 Å². The molecule has 0 radical (unpaired) electrons. The Morgan fingerprint density at radius 2 is 1.59 bits per heavy atom. The summed E-state index contributed by atoms with van der Waals surface area (Å²) in [6, 6.07) is 19.7. The number of nitrogens with zero attached hydrogens (tertiary/aromatic N) is 2. The predicted octanol–water partition coefficient (Wildman–Crippen LogP) is 5.48. The zero-order valence-electron chi connectivity index (χ0n) is 20.0. The van der Waals surface area contributed by atoms with Crippen LogP contribution in [-0.4, -0.2) is 37.9 Å². The second kappa shape index (κ2) is 13.1. The van der Waals surface area contributed by atoms with Gasteiger partial charge in [-0.3, -0.25) is 9.59 Å². The Balaban J connectivity index is 1.61. The van der Waals surface area contributed by atoms with Gasteiger partial charge in [0.1, 0.15) is 11.5 Å². The Kier molecular flexibility index (Phi) is 9.65. The highest BCUT2D eigenvalue weighted by molar-refractivity contribution is 5.96. The molecule has 1 amide bonds. The molecule has 7 nitrogen and oxygen atoms in total. The summed E-state index contributed by atoms with van der Waals surface area (Å²) in [4.78, 5) is 24.9. The van der Waals surface area contributed by atoms with Gasteiger partial charge >= 0.3 is 12.1 Å². The predicted molar refractivity (Wildman–Crippen MR) is 132 cm³/mol. The van der Waals surface area contributed by atoms with Gasteiger partial charge in [0.15, 0.2) is 6.61 Å². The van der Waals surface area contributed by atoms with Crippen LogP contribution in [0.15, 0.2) is 84.0 Å². The molecule has 10 heteroatoms. The molecule has 0 aliphatic carbocycles. The number of halogens is 3. The van der Waals surface area contributed by atoms with Crippen LogP contribution in [0.1, 0.15) is 24.5 Å². The normalized spacial score (nSPS) is 11.2. The van der Waals surface area contributed by atoms with Gasteiger partial charge in [-0.2, -0.15) is 23.3 Å². The number of hydrogen-bond acceptors (Lipinski definition) is 6. The largest absolute Gasteiger partial charge is 0.494 e. The summed E-state index contributed by atoms with van der Waals surface area (Å²) in [5.41, 5.74) is -0.446. The van der Waals surface area contributed by atoms with E-state index >= 15 is 0 Å². The molecule has 0 spiro atoms. The molecule has 0 aliphatic heterocycles. The second-order valence-corrected chi connectivity index (χ2v) is 7.57. The van der Waals surface area contributed by atoms with Gasteiger partial charge in [0.25, 0.3) is 5.91 Å². The maximum absolute atomic E-state index is 13.2. The molecule has 0 atom stereocenters. The molecule has 0 saturated carbocycles. The number of ether oxygens (including phenoxy) is 3. The van der Waals surface area contributed by atoms with Crippen LogP contribution < -0.4 is 14.5 Å². The molecule has 194 valence electrons. The van der Waals surface area contributed by atoms with Crippen LogP contribution in [0.2, 0.25) is 0 Å². The monoisotopic (exact) mass is 514 g/mol. The molecule has 0 N–H and O–H groups in total. The Bertz CT molecular complexity index is 1200. The van der Waals surface area contributed by atoms with Gasteiger partial charge < -0.3 is 14.2 Å². The lowest BCUT2D eigenvalue weighted by atomic mass is 10.2. The van der Waals surface area contributed by atoms with Crippen molar-refractivity contribution in [1.82, 2.24) is 0 Å². The summed E-state index contributed by atoms with van der Waals surface area (Å²) in [7, 11) is 0. The fourth-order valence-corrected chi connectivity index (χ4v) is 3.08. The highest BCUT2D eigenvalue weighted by Crippen LogP contribution is 2.31. The van der Waals surface area contributed by atoms with Crippen molar-refractivity contribution in [1.29, 1.82) is 0 Å². The minimum atomic E-state index is -4.61. The molecule has 0 aliphatic rings. The number of esters is 1. The van der Waals surface area contributed by atoms with Crippen LogP contribution in [0.3, 0.4) is 0 Å². The summed E-state index contributed by atoms with van der Waals surface area (Å²) in [5, 5.41) is 4.82. The first-order valence-corrected chi connectivity index (χ1v) is 11.4. The van der Waals surface area contributed by atoms with E-state index in [1.54, 1.807) is 54.6 Å². The van der Waals surface area contributed by atoms with Crippen molar-refractivity contribution in [3.8, 4) is 11.5 Å². The van der Waals surface area contributed by atoms with Gasteiger partial charge in [-0.1, -0.05) is 36.4 Å². The van der Waals surface area contributed by atoms with Gasteiger partial charge in [-0.25, -0.2) is 0 Å². The van der Waals surface area contributed by atoms with E-state index in [1.165, 1.54) is 18.3 Å². The lowest BCUT2D eigenvalue weighted by Gasteiger charge is -2.18. The molecule has 3 aromatic rings. The van der Waals surface area contributed by atoms with Crippen LogP contribution in [0, 0.1) is 0 Å². The third-order valence-corrected chi connectivity index (χ3v) is 4.84. The Morgan fingerprint density at radius 3 is 2.24 bits per heavy atom. The number of carbonyl (C=O) groups is 2. The second-order valence-electron chi connectivity index (χ2n) is 7.57. The first-order chi connectivity index (χ1) is 17.8. The van der Waals surface area contributed by atoms with Crippen molar-refractivity contribution in [3.63, 3.8) is 0 Å². The number of rotatable bonds is 11. The molecule has 0 saturated heterocycles. The van der Waals surface area contributed by atoms with E-state index in [2.05, 4.69) is 5.10 Å². The highest BCUT2D eigenvalue weighted by atomic mass is 19.4. The average Bonchev–Trinajstić information content (AvgIpc) is 2.89. The lowest BCUT2D eigenvalue weighted by molar-refractivity contribution is -0.148. The van der Waals surface area contributed by atoms with Crippen LogP contribution in [0.25, 0.3) is 0 Å². The summed E-state index contributed by atoms with van der Waals surface area (Å²) >= 11 is 0. The maximum Gasteiger partial charge on any atom is 0.416 e. The molecule has 0 fully saturated rings. The average molecular weight is 515 g/mol. The number of carbonyl (C=O) groups excluding carboxylic acids is 2. The summed E-state index contributed by atoms with van der Waals surface area (Å²) in [6.07, 6.45) is -3.42. The third kappa shape index (κ3) is 8.68. The van der Waals surface area contributed by atoms with Gasteiger partial charge in [0, 0.05) is 0 Å². The third-order valence-electron chi connectivity index (χ3n) is 4.84. The number of anilines is 1. The van der Waals surface area contributed by atoms with Crippen molar-refractivity contribution in [2.45, 2.75) is 19.5 Å². The molecule has 3 aromatic carbocycles. The molecular formula is C27H25F3N2O5. The lowest BCUT2D eigenvalue weighted by Crippen LogP contribution is -2.31. The summed E-state index contributed by atoms with van der Waals surface area (Å²) in [6.45, 7) is 1.69.